The van der Waals surface area contributed by atoms with Crippen molar-refractivity contribution >= 4 is 21.6 Å². The number of benzene rings is 3. The maximum absolute atomic E-state index is 13.3. The number of sulfonamides is 1. The Morgan fingerprint density at radius 2 is 1.55 bits per heavy atom. The van der Waals surface area contributed by atoms with Gasteiger partial charge in [-0.05, 0) is 36.4 Å². The maximum atomic E-state index is 13.3. The Bertz CT molecular complexity index is 1260. The van der Waals surface area contributed by atoms with Gasteiger partial charge in [0, 0.05) is 0 Å². The average molecular weight is 467 g/mol. The van der Waals surface area contributed by atoms with E-state index in [9.17, 15) is 13.2 Å². The van der Waals surface area contributed by atoms with Gasteiger partial charge in [0.25, 0.3) is 15.9 Å². The first-order valence-electron chi connectivity index (χ1n) is 10.5. The summed E-state index contributed by atoms with van der Waals surface area (Å²) in [6.07, 6.45) is -1.39. The van der Waals surface area contributed by atoms with Gasteiger partial charge in [-0.1, -0.05) is 42.5 Å². The second-order valence-corrected chi connectivity index (χ2v) is 9.53. The highest BCUT2D eigenvalue weighted by atomic mass is 32.2. The summed E-state index contributed by atoms with van der Waals surface area (Å²) in [4.78, 5) is 13.1. The number of anilines is 1. The number of carbonyl (C=O) groups is 1. The largest absolute Gasteiger partial charge is 0.486 e. The minimum absolute atomic E-state index is 0.146. The molecule has 5 rings (SSSR count). The number of hydrogen-bond donors (Lipinski definition) is 1. The minimum atomic E-state index is -3.88. The summed E-state index contributed by atoms with van der Waals surface area (Å²) >= 11 is 0. The molecule has 0 aliphatic carbocycles. The van der Waals surface area contributed by atoms with Crippen LogP contribution in [-0.4, -0.2) is 46.2 Å². The van der Waals surface area contributed by atoms with E-state index in [-0.39, 0.29) is 24.1 Å². The van der Waals surface area contributed by atoms with E-state index in [1.165, 1.54) is 16.4 Å². The lowest BCUT2D eigenvalue weighted by Gasteiger charge is -2.35. The molecule has 0 bridgehead atoms. The Labute approximate surface area is 191 Å². The number of hydrogen-bond acceptors (Lipinski definition) is 6. The van der Waals surface area contributed by atoms with Crippen LogP contribution < -0.4 is 23.8 Å². The molecule has 8 nitrogen and oxygen atoms in total. The second-order valence-electron chi connectivity index (χ2n) is 7.67. The van der Waals surface area contributed by atoms with E-state index in [4.69, 9.17) is 14.2 Å². The highest BCUT2D eigenvalue weighted by molar-refractivity contribution is 7.92. The number of carbonyl (C=O) groups excluding carboxylic acids is 1. The van der Waals surface area contributed by atoms with Crippen molar-refractivity contribution in [2.45, 2.75) is 17.1 Å². The molecule has 0 unspecified atom stereocenters. The van der Waals surface area contributed by atoms with Crippen molar-refractivity contribution in [3.05, 3.63) is 78.9 Å². The fourth-order valence-corrected chi connectivity index (χ4v) is 5.27. The number of para-hydroxylation sites is 4. The first-order chi connectivity index (χ1) is 16.0. The van der Waals surface area contributed by atoms with Gasteiger partial charge in [-0.2, -0.15) is 0 Å². The Morgan fingerprint density at radius 1 is 0.879 bits per heavy atom. The minimum Gasteiger partial charge on any atom is -0.486 e. The molecule has 0 saturated heterocycles. The van der Waals surface area contributed by atoms with Crippen molar-refractivity contribution in [3.8, 4) is 17.2 Å². The van der Waals surface area contributed by atoms with Crippen LogP contribution in [0, 0.1) is 0 Å². The van der Waals surface area contributed by atoms with Gasteiger partial charge in [-0.15, -0.1) is 0 Å². The quantitative estimate of drug-likeness (QED) is 0.621. The van der Waals surface area contributed by atoms with E-state index in [0.717, 1.165) is 0 Å². The van der Waals surface area contributed by atoms with E-state index in [1.807, 2.05) is 18.2 Å². The highest BCUT2D eigenvalue weighted by Gasteiger charge is 2.37. The van der Waals surface area contributed by atoms with Crippen LogP contribution in [-0.2, 0) is 14.8 Å². The molecule has 3 aromatic carbocycles. The van der Waals surface area contributed by atoms with Crippen LogP contribution in [0.4, 0.5) is 5.69 Å². The highest BCUT2D eigenvalue weighted by Crippen LogP contribution is 2.37. The van der Waals surface area contributed by atoms with Gasteiger partial charge < -0.3 is 19.5 Å². The van der Waals surface area contributed by atoms with Crippen molar-refractivity contribution in [3.63, 3.8) is 0 Å². The third kappa shape index (κ3) is 4.19. The molecule has 33 heavy (non-hydrogen) atoms. The van der Waals surface area contributed by atoms with E-state index in [1.54, 1.807) is 48.5 Å². The number of rotatable bonds is 5. The Morgan fingerprint density at radius 3 is 2.33 bits per heavy atom. The van der Waals surface area contributed by atoms with E-state index < -0.39 is 22.0 Å². The summed E-state index contributed by atoms with van der Waals surface area (Å²) in [6.45, 7) is 0.338. The predicted octanol–water partition coefficient (Wildman–Crippen LogP) is 2.60. The van der Waals surface area contributed by atoms with Crippen LogP contribution in [0.1, 0.15) is 0 Å². The van der Waals surface area contributed by atoms with Crippen LogP contribution in [0.5, 0.6) is 17.2 Å². The number of nitrogens with zero attached hydrogens (tertiary/aromatic N) is 1. The summed E-state index contributed by atoms with van der Waals surface area (Å²) in [6, 6.07) is 22.2. The van der Waals surface area contributed by atoms with E-state index in [2.05, 4.69) is 5.32 Å². The molecular weight excluding hydrogens is 444 g/mol. The molecule has 2 aliphatic rings. The first-order valence-corrected chi connectivity index (χ1v) is 12.0. The fourth-order valence-electron chi connectivity index (χ4n) is 3.78. The zero-order valence-electron chi connectivity index (χ0n) is 17.6. The Kier molecular flexibility index (Phi) is 5.55. The van der Waals surface area contributed by atoms with Gasteiger partial charge in [0.15, 0.2) is 17.6 Å². The number of amides is 1. The molecule has 0 aromatic heterocycles. The van der Waals surface area contributed by atoms with Crippen LogP contribution >= 0.6 is 0 Å². The number of ether oxygens (including phenoxy) is 3. The third-order valence-corrected chi connectivity index (χ3v) is 7.22. The van der Waals surface area contributed by atoms with Crippen LogP contribution in [0.2, 0.25) is 0 Å². The SMILES string of the molecule is O=C(NC[C@@H]1COc2ccccc2O1)[C@@H]1CN(S(=O)(=O)c2ccccc2)c2ccccc2O1. The molecule has 2 heterocycles. The molecule has 1 amide bonds. The molecule has 0 spiro atoms. The molecule has 0 radical (unpaired) electrons. The zero-order chi connectivity index (χ0) is 22.8. The zero-order valence-corrected chi connectivity index (χ0v) is 18.4. The molecule has 9 heteroatoms. The lowest BCUT2D eigenvalue weighted by Crippen LogP contribution is -2.52. The van der Waals surface area contributed by atoms with E-state index >= 15 is 0 Å². The molecule has 2 aliphatic heterocycles. The predicted molar refractivity (Wildman–Crippen MR) is 121 cm³/mol. The summed E-state index contributed by atoms with van der Waals surface area (Å²) in [5.41, 5.74) is 0.394. The lowest BCUT2D eigenvalue weighted by molar-refractivity contribution is -0.128. The van der Waals surface area contributed by atoms with Gasteiger partial charge >= 0.3 is 0 Å². The second kappa shape index (κ2) is 8.67. The van der Waals surface area contributed by atoms with Gasteiger partial charge in [0.05, 0.1) is 23.7 Å². The van der Waals surface area contributed by atoms with Crippen molar-refractivity contribution in [1.82, 2.24) is 5.32 Å². The molecule has 0 saturated carbocycles. The monoisotopic (exact) mass is 466 g/mol. The van der Waals surface area contributed by atoms with Crippen molar-refractivity contribution < 1.29 is 27.4 Å². The molecular formula is C24H22N2O6S. The summed E-state index contributed by atoms with van der Waals surface area (Å²) in [7, 11) is -3.88. The van der Waals surface area contributed by atoms with Gasteiger partial charge in [-0.25, -0.2) is 8.42 Å². The standard InChI is InChI=1S/C24H22N2O6S/c27-24(25-14-17-16-30-21-12-6-7-13-22(21)31-17)23-15-26(19-10-4-5-11-20(19)32-23)33(28,29)18-8-2-1-3-9-18/h1-13,17,23H,14-16H2,(H,25,27)/t17-,23+/m1/s1. The average Bonchev–Trinajstić information content (AvgIpc) is 2.87. The normalized spacial score (nSPS) is 19.2. The van der Waals surface area contributed by atoms with Crippen LogP contribution in [0.3, 0.4) is 0 Å². The third-order valence-electron chi connectivity index (χ3n) is 5.43. The maximum Gasteiger partial charge on any atom is 0.264 e. The molecule has 2 atom stereocenters. The fraction of sp³-hybridized carbons (Fsp3) is 0.208. The molecule has 0 fully saturated rings. The summed E-state index contributed by atoms with van der Waals surface area (Å²) in [5, 5.41) is 2.81. The summed E-state index contributed by atoms with van der Waals surface area (Å²) in [5.74, 6) is 1.18. The van der Waals surface area contributed by atoms with Crippen molar-refractivity contribution in [2.75, 3.05) is 24.0 Å². The van der Waals surface area contributed by atoms with Crippen LogP contribution in [0.25, 0.3) is 0 Å². The van der Waals surface area contributed by atoms with Crippen molar-refractivity contribution in [1.29, 1.82) is 0 Å². The van der Waals surface area contributed by atoms with Gasteiger partial charge in [0.2, 0.25) is 0 Å². The summed E-state index contributed by atoms with van der Waals surface area (Å²) < 4.78 is 45.3. The van der Waals surface area contributed by atoms with Gasteiger partial charge in [-0.3, -0.25) is 9.10 Å². The Hall–Kier alpha value is -3.72. The smallest absolute Gasteiger partial charge is 0.264 e. The number of fused-ring (bicyclic) bond motifs is 2. The number of nitrogens with one attached hydrogen (secondary N) is 1. The molecule has 1 N–H and O–H groups in total. The lowest BCUT2D eigenvalue weighted by atomic mass is 10.2. The topological polar surface area (TPSA) is 94.2 Å². The van der Waals surface area contributed by atoms with Crippen LogP contribution in [0.15, 0.2) is 83.8 Å². The molecule has 3 aromatic rings. The Balaban J connectivity index is 1.32. The molecule has 170 valence electrons. The van der Waals surface area contributed by atoms with Crippen molar-refractivity contribution in [2.24, 2.45) is 0 Å². The first kappa shape index (κ1) is 21.1. The van der Waals surface area contributed by atoms with Gasteiger partial charge in [0.1, 0.15) is 18.5 Å². The van der Waals surface area contributed by atoms with E-state index in [0.29, 0.717) is 29.5 Å².